The van der Waals surface area contributed by atoms with Crippen LogP contribution < -0.4 is 9.64 Å². The minimum absolute atomic E-state index is 0.0471. The Morgan fingerprint density at radius 3 is 2.31 bits per heavy atom. The van der Waals surface area contributed by atoms with Crippen molar-refractivity contribution in [2.24, 2.45) is 0 Å². The summed E-state index contributed by atoms with van der Waals surface area (Å²) in [5.41, 5.74) is 4.88. The van der Waals surface area contributed by atoms with Crippen LogP contribution in [0.4, 0.5) is 5.69 Å². The number of hydrogen-bond acceptors (Lipinski definition) is 5. The highest BCUT2D eigenvalue weighted by Gasteiger charge is 2.23. The molecular weight excluding hydrogens is 400 g/mol. The molecule has 3 heterocycles. The molecule has 1 aromatic carbocycles. The van der Waals surface area contributed by atoms with Crippen LogP contribution in [-0.2, 0) is 0 Å². The Hall–Kier alpha value is -2.86. The van der Waals surface area contributed by atoms with Crippen molar-refractivity contribution in [3.05, 3.63) is 47.8 Å². The molecule has 2 aromatic heterocycles. The van der Waals surface area contributed by atoms with E-state index in [0.29, 0.717) is 11.9 Å². The number of ether oxygens (including phenoxy) is 1. The van der Waals surface area contributed by atoms with Gasteiger partial charge in [-0.3, -0.25) is 4.79 Å². The molecule has 3 aromatic rings. The van der Waals surface area contributed by atoms with Gasteiger partial charge in [0.15, 0.2) is 5.78 Å². The number of methoxy groups -OCH3 is 1. The molecule has 0 bridgehead atoms. The van der Waals surface area contributed by atoms with Gasteiger partial charge in [-0.25, -0.2) is 4.98 Å². The Bertz CT molecular complexity index is 1090. The number of carbonyl (C=O) groups is 1. The maximum Gasteiger partial charge on any atom is 0.215 e. The lowest BCUT2D eigenvalue weighted by Gasteiger charge is -2.38. The Morgan fingerprint density at radius 2 is 1.75 bits per heavy atom. The normalized spacial score (nSPS) is 15.0. The molecule has 0 aliphatic carbocycles. The van der Waals surface area contributed by atoms with Crippen molar-refractivity contribution >= 4 is 22.4 Å². The maximum atomic E-state index is 12.4. The van der Waals surface area contributed by atoms with Crippen LogP contribution in [0.2, 0.25) is 0 Å². The first-order chi connectivity index (χ1) is 15.5. The third kappa shape index (κ3) is 3.99. The lowest BCUT2D eigenvalue weighted by Crippen LogP contribution is -2.44. The average molecular weight is 435 g/mol. The van der Waals surface area contributed by atoms with Gasteiger partial charge in [0.25, 0.3) is 0 Å². The zero-order valence-corrected chi connectivity index (χ0v) is 19.9. The van der Waals surface area contributed by atoms with Crippen LogP contribution in [0.3, 0.4) is 0 Å². The largest absolute Gasteiger partial charge is 0.481 e. The van der Waals surface area contributed by atoms with Gasteiger partial charge in [-0.1, -0.05) is 13.8 Å². The minimum atomic E-state index is 0.0471. The molecule has 1 aliphatic rings. The number of carbonyl (C=O) groups excluding carboxylic acids is 1. The van der Waals surface area contributed by atoms with Crippen molar-refractivity contribution in [3.8, 4) is 11.6 Å². The summed E-state index contributed by atoms with van der Waals surface area (Å²) in [6.07, 6.45) is 4.15. The van der Waals surface area contributed by atoms with E-state index < -0.39 is 0 Å². The lowest BCUT2D eigenvalue weighted by atomic mass is 10.0. The third-order valence-corrected chi connectivity index (χ3v) is 6.89. The van der Waals surface area contributed by atoms with Gasteiger partial charge < -0.3 is 19.1 Å². The molecule has 32 heavy (non-hydrogen) atoms. The first-order valence-corrected chi connectivity index (χ1v) is 11.6. The number of Topliss-reactive ketones (excluding diaryl/α,β-unsaturated/α-hetero) is 1. The van der Waals surface area contributed by atoms with Gasteiger partial charge in [0, 0.05) is 59.4 Å². The molecule has 0 unspecified atom stereocenters. The predicted octanol–water partition coefficient (Wildman–Crippen LogP) is 4.86. The van der Waals surface area contributed by atoms with E-state index in [1.807, 2.05) is 13.0 Å². The zero-order chi connectivity index (χ0) is 22.8. The number of pyridine rings is 1. The molecule has 0 amide bonds. The number of hydrogen-bond donors (Lipinski definition) is 0. The first-order valence-electron chi connectivity index (χ1n) is 11.6. The molecule has 1 saturated heterocycles. The molecule has 4 rings (SSSR count). The fraction of sp³-hybridized carbons (Fsp3) is 0.462. The summed E-state index contributed by atoms with van der Waals surface area (Å²) < 4.78 is 7.47. The first kappa shape index (κ1) is 22.3. The molecule has 6 nitrogen and oxygen atoms in total. The van der Waals surface area contributed by atoms with Gasteiger partial charge >= 0.3 is 0 Å². The molecule has 1 fully saturated rings. The average Bonchev–Trinajstić information content (AvgIpc) is 3.11. The SMILES string of the molecule is CCN(CC)C1CCN(c2ccc(-n3c(C)c(C(C)=O)c4cnc(OC)cc43)cc2)CC1. The second-order valence-electron chi connectivity index (χ2n) is 8.55. The maximum absolute atomic E-state index is 12.4. The molecule has 0 spiro atoms. The lowest BCUT2D eigenvalue weighted by molar-refractivity contribution is 0.101. The summed E-state index contributed by atoms with van der Waals surface area (Å²) in [6, 6.07) is 11.3. The monoisotopic (exact) mass is 434 g/mol. The summed E-state index contributed by atoms with van der Waals surface area (Å²) in [5.74, 6) is 0.588. The number of fused-ring (bicyclic) bond motifs is 1. The number of nitrogens with zero attached hydrogens (tertiary/aromatic N) is 4. The molecule has 0 atom stereocenters. The smallest absolute Gasteiger partial charge is 0.215 e. The van der Waals surface area contributed by atoms with E-state index in [4.69, 9.17) is 4.74 Å². The topological polar surface area (TPSA) is 50.6 Å². The van der Waals surface area contributed by atoms with Crippen LogP contribution in [0.1, 0.15) is 49.7 Å². The van der Waals surface area contributed by atoms with Crippen LogP contribution in [-0.4, -0.2) is 59.6 Å². The van der Waals surface area contributed by atoms with Crippen molar-refractivity contribution in [2.75, 3.05) is 38.2 Å². The fourth-order valence-corrected chi connectivity index (χ4v) is 5.22. The summed E-state index contributed by atoms with van der Waals surface area (Å²) >= 11 is 0. The summed E-state index contributed by atoms with van der Waals surface area (Å²) in [5, 5.41) is 0.860. The Morgan fingerprint density at radius 1 is 1.12 bits per heavy atom. The van der Waals surface area contributed by atoms with Crippen LogP contribution >= 0.6 is 0 Å². The fourth-order valence-electron chi connectivity index (χ4n) is 5.22. The number of benzene rings is 1. The molecular formula is C26H34N4O2. The van der Waals surface area contributed by atoms with Gasteiger partial charge in [-0.05, 0) is 64.0 Å². The number of anilines is 1. The minimum Gasteiger partial charge on any atom is -0.481 e. The van der Waals surface area contributed by atoms with Crippen molar-refractivity contribution in [1.29, 1.82) is 0 Å². The molecule has 0 radical (unpaired) electrons. The van der Waals surface area contributed by atoms with Gasteiger partial charge in [0.1, 0.15) is 0 Å². The standard InChI is InChI=1S/C26H34N4O2/c1-6-28(7-2)21-12-14-29(15-13-21)20-8-10-22(11-9-20)30-18(3)26(19(4)31)23-17-27-25(32-5)16-24(23)30/h8-11,16-17,21H,6-7,12-15H2,1-5H3. The highest BCUT2D eigenvalue weighted by atomic mass is 16.5. The van der Waals surface area contributed by atoms with Crippen molar-refractivity contribution in [2.45, 2.75) is 46.6 Å². The number of rotatable bonds is 7. The van der Waals surface area contributed by atoms with Crippen LogP contribution in [0.15, 0.2) is 36.5 Å². The van der Waals surface area contributed by atoms with Gasteiger partial charge in [-0.2, -0.15) is 0 Å². The number of piperidine rings is 1. The van der Waals surface area contributed by atoms with E-state index in [1.165, 1.54) is 18.5 Å². The van der Waals surface area contributed by atoms with E-state index in [2.05, 4.69) is 57.5 Å². The van der Waals surface area contributed by atoms with Crippen molar-refractivity contribution in [1.82, 2.24) is 14.5 Å². The van der Waals surface area contributed by atoms with E-state index in [0.717, 1.165) is 54.0 Å². The molecule has 0 saturated carbocycles. The second kappa shape index (κ2) is 9.33. The summed E-state index contributed by atoms with van der Waals surface area (Å²) in [6.45, 7) is 12.5. The highest BCUT2D eigenvalue weighted by Crippen LogP contribution is 2.32. The van der Waals surface area contributed by atoms with Crippen molar-refractivity contribution in [3.63, 3.8) is 0 Å². The highest BCUT2D eigenvalue weighted by molar-refractivity contribution is 6.08. The van der Waals surface area contributed by atoms with Crippen LogP contribution in [0.25, 0.3) is 16.6 Å². The van der Waals surface area contributed by atoms with E-state index >= 15 is 0 Å². The Balaban J connectivity index is 1.62. The predicted molar refractivity (Wildman–Crippen MR) is 131 cm³/mol. The number of ketones is 1. The van der Waals surface area contributed by atoms with E-state index in [1.54, 1.807) is 20.2 Å². The quantitative estimate of drug-likeness (QED) is 0.497. The van der Waals surface area contributed by atoms with E-state index in [-0.39, 0.29) is 5.78 Å². The molecule has 1 aliphatic heterocycles. The molecule has 0 N–H and O–H groups in total. The molecule has 170 valence electrons. The molecule has 6 heteroatoms. The Labute approximate surface area is 190 Å². The second-order valence-corrected chi connectivity index (χ2v) is 8.55. The number of aromatic nitrogens is 2. The zero-order valence-electron chi connectivity index (χ0n) is 19.9. The van der Waals surface area contributed by atoms with Gasteiger partial charge in [-0.15, -0.1) is 0 Å². The van der Waals surface area contributed by atoms with Gasteiger partial charge in [0.2, 0.25) is 5.88 Å². The summed E-state index contributed by atoms with van der Waals surface area (Å²) in [7, 11) is 1.61. The van der Waals surface area contributed by atoms with Crippen LogP contribution in [0.5, 0.6) is 5.88 Å². The summed E-state index contributed by atoms with van der Waals surface area (Å²) in [4.78, 5) is 21.8. The van der Waals surface area contributed by atoms with Gasteiger partial charge in [0.05, 0.1) is 12.6 Å². The third-order valence-electron chi connectivity index (χ3n) is 6.89. The van der Waals surface area contributed by atoms with Crippen molar-refractivity contribution < 1.29 is 9.53 Å². The Kier molecular flexibility index (Phi) is 6.51. The van der Waals surface area contributed by atoms with E-state index in [9.17, 15) is 4.79 Å². The van der Waals surface area contributed by atoms with Crippen LogP contribution in [0, 0.1) is 6.92 Å².